The summed E-state index contributed by atoms with van der Waals surface area (Å²) in [7, 11) is 0. The third kappa shape index (κ3) is 4.63. The molecular formula is C52H39N3. The molecule has 0 N–H and O–H groups in total. The second kappa shape index (κ2) is 11.5. The van der Waals surface area contributed by atoms with Crippen LogP contribution < -0.4 is 0 Å². The van der Waals surface area contributed by atoms with Crippen molar-refractivity contribution in [1.82, 2.24) is 14.5 Å². The summed E-state index contributed by atoms with van der Waals surface area (Å²) < 4.78 is 2.42. The van der Waals surface area contributed by atoms with Crippen LogP contribution in [0.4, 0.5) is 0 Å². The molecule has 0 spiro atoms. The van der Waals surface area contributed by atoms with Crippen LogP contribution in [0.5, 0.6) is 0 Å². The second-order valence-electron chi connectivity index (χ2n) is 16.2. The van der Waals surface area contributed by atoms with Gasteiger partial charge in [0.05, 0.1) is 22.4 Å². The first-order valence-electron chi connectivity index (χ1n) is 19.2. The van der Waals surface area contributed by atoms with Gasteiger partial charge in [-0.25, -0.2) is 9.97 Å². The molecule has 2 aromatic heterocycles. The van der Waals surface area contributed by atoms with E-state index in [1.54, 1.807) is 0 Å². The molecule has 0 atom stereocenters. The fraction of sp³-hybridized carbons (Fsp3) is 0.115. The van der Waals surface area contributed by atoms with Gasteiger partial charge in [-0.1, -0.05) is 149 Å². The van der Waals surface area contributed by atoms with Crippen molar-refractivity contribution >= 4 is 21.8 Å². The molecule has 3 heteroatoms. The summed E-state index contributed by atoms with van der Waals surface area (Å²) in [5.74, 6) is 0.722. The van der Waals surface area contributed by atoms with Gasteiger partial charge in [0.2, 0.25) is 0 Å². The van der Waals surface area contributed by atoms with Crippen LogP contribution in [0.1, 0.15) is 49.9 Å². The minimum atomic E-state index is -0.0949. The van der Waals surface area contributed by atoms with Gasteiger partial charge in [0, 0.05) is 44.0 Å². The molecule has 262 valence electrons. The highest BCUT2D eigenvalue weighted by Crippen LogP contribution is 2.52. The maximum Gasteiger partial charge on any atom is 0.160 e. The molecular weight excluding hydrogens is 667 g/mol. The van der Waals surface area contributed by atoms with Crippen LogP contribution >= 0.6 is 0 Å². The lowest BCUT2D eigenvalue weighted by molar-refractivity contribution is 0.660. The molecule has 0 saturated carbocycles. The zero-order valence-electron chi connectivity index (χ0n) is 31.4. The predicted octanol–water partition coefficient (Wildman–Crippen LogP) is 13.2. The quantitative estimate of drug-likeness (QED) is 0.182. The average molecular weight is 706 g/mol. The highest BCUT2D eigenvalue weighted by molar-refractivity contribution is 6.11. The molecule has 2 heterocycles. The van der Waals surface area contributed by atoms with Crippen molar-refractivity contribution in [3.63, 3.8) is 0 Å². The monoisotopic (exact) mass is 705 g/mol. The van der Waals surface area contributed by atoms with Crippen LogP contribution in [-0.4, -0.2) is 14.5 Å². The van der Waals surface area contributed by atoms with Crippen molar-refractivity contribution in [1.29, 1.82) is 0 Å². The predicted molar refractivity (Wildman–Crippen MR) is 228 cm³/mol. The number of hydrogen-bond donors (Lipinski definition) is 0. The number of aromatic nitrogens is 3. The van der Waals surface area contributed by atoms with Crippen molar-refractivity contribution < 1.29 is 0 Å². The van der Waals surface area contributed by atoms with E-state index in [2.05, 4.69) is 190 Å². The molecule has 0 fully saturated rings. The Bertz CT molecular complexity index is 3020. The summed E-state index contributed by atoms with van der Waals surface area (Å²) in [5.41, 5.74) is 19.2. The topological polar surface area (TPSA) is 30.7 Å². The Morgan fingerprint density at radius 2 is 0.945 bits per heavy atom. The molecule has 0 unspecified atom stereocenters. The summed E-state index contributed by atoms with van der Waals surface area (Å²) in [6, 6.07) is 59.6. The van der Waals surface area contributed by atoms with Crippen LogP contribution in [-0.2, 0) is 10.8 Å². The lowest BCUT2D eigenvalue weighted by atomic mass is 9.82. The van der Waals surface area contributed by atoms with E-state index in [1.165, 1.54) is 66.3 Å². The van der Waals surface area contributed by atoms with E-state index >= 15 is 0 Å². The number of fused-ring (bicyclic) bond motifs is 9. The Morgan fingerprint density at radius 1 is 0.382 bits per heavy atom. The highest BCUT2D eigenvalue weighted by atomic mass is 15.0. The van der Waals surface area contributed by atoms with Crippen molar-refractivity contribution in [3.8, 4) is 61.8 Å². The first-order chi connectivity index (χ1) is 26.8. The minimum Gasteiger partial charge on any atom is -0.309 e. The molecule has 7 aromatic carbocycles. The zero-order valence-corrected chi connectivity index (χ0v) is 31.4. The lowest BCUT2D eigenvalue weighted by Gasteiger charge is -2.22. The molecule has 0 aliphatic heterocycles. The zero-order chi connectivity index (χ0) is 37.1. The molecule has 3 nitrogen and oxygen atoms in total. The van der Waals surface area contributed by atoms with Gasteiger partial charge < -0.3 is 4.57 Å². The lowest BCUT2D eigenvalue weighted by Crippen LogP contribution is -2.14. The van der Waals surface area contributed by atoms with E-state index in [4.69, 9.17) is 9.97 Å². The average Bonchev–Trinajstić information content (AvgIpc) is 3.76. The SMILES string of the molecule is CC1(C)c2ccccc2-c2ccc(-c3cc(-c4ccc(-n5c6ccccc6c6cc7c(cc65)-c5ccccc5C7(C)C)cc4)nc(-c4ccccc4)n3)cc21. The molecule has 0 bridgehead atoms. The third-order valence-corrected chi connectivity index (χ3v) is 12.4. The van der Waals surface area contributed by atoms with Crippen molar-refractivity contribution in [3.05, 3.63) is 186 Å². The van der Waals surface area contributed by atoms with Crippen molar-refractivity contribution in [2.75, 3.05) is 0 Å². The molecule has 0 radical (unpaired) electrons. The molecule has 11 rings (SSSR count). The Balaban J connectivity index is 1.05. The number of rotatable bonds is 4. The first kappa shape index (κ1) is 31.9. The van der Waals surface area contributed by atoms with Gasteiger partial charge >= 0.3 is 0 Å². The molecule has 0 amide bonds. The van der Waals surface area contributed by atoms with Gasteiger partial charge in [0.25, 0.3) is 0 Å². The highest BCUT2D eigenvalue weighted by Gasteiger charge is 2.37. The summed E-state index contributed by atoms with van der Waals surface area (Å²) in [5, 5.41) is 2.55. The smallest absolute Gasteiger partial charge is 0.160 e. The maximum absolute atomic E-state index is 5.19. The van der Waals surface area contributed by atoms with Crippen LogP contribution in [0, 0.1) is 0 Å². The van der Waals surface area contributed by atoms with Crippen LogP contribution in [0.2, 0.25) is 0 Å². The van der Waals surface area contributed by atoms with E-state index in [1.807, 2.05) is 6.07 Å². The summed E-state index contributed by atoms with van der Waals surface area (Å²) in [6.45, 7) is 9.36. The fourth-order valence-corrected chi connectivity index (χ4v) is 9.55. The van der Waals surface area contributed by atoms with Crippen LogP contribution in [0.25, 0.3) is 83.6 Å². The number of benzene rings is 7. The van der Waals surface area contributed by atoms with Gasteiger partial charge in [-0.15, -0.1) is 0 Å². The summed E-state index contributed by atoms with van der Waals surface area (Å²) in [4.78, 5) is 10.4. The van der Waals surface area contributed by atoms with Gasteiger partial charge in [0.1, 0.15) is 0 Å². The van der Waals surface area contributed by atoms with Crippen molar-refractivity contribution in [2.45, 2.75) is 38.5 Å². The van der Waals surface area contributed by atoms with E-state index in [-0.39, 0.29) is 10.8 Å². The Kier molecular flexibility index (Phi) is 6.65. The Labute approximate surface area is 321 Å². The van der Waals surface area contributed by atoms with E-state index in [0.29, 0.717) is 0 Å². The largest absolute Gasteiger partial charge is 0.309 e. The number of para-hydroxylation sites is 1. The first-order valence-corrected chi connectivity index (χ1v) is 19.2. The standard InChI is InChI=1S/C52H39N3/c1-51(2)42-19-11-8-16-36(42)38-27-24-34(28-44(38)51)47-31-46(53-50(54-47)33-14-6-5-7-15-33)32-22-25-35(26-23-32)55-48-21-13-10-18-39(48)41-29-45-40(30-49(41)55)37-17-9-12-20-43(37)52(45,3)4/h5-31H,1-4H3. The Hall–Kier alpha value is -6.58. The third-order valence-electron chi connectivity index (χ3n) is 12.4. The van der Waals surface area contributed by atoms with Gasteiger partial charge in [-0.3, -0.25) is 0 Å². The van der Waals surface area contributed by atoms with Crippen LogP contribution in [0.15, 0.2) is 164 Å². The van der Waals surface area contributed by atoms with Gasteiger partial charge in [-0.2, -0.15) is 0 Å². The molecule has 2 aliphatic rings. The van der Waals surface area contributed by atoms with E-state index < -0.39 is 0 Å². The van der Waals surface area contributed by atoms with Crippen LogP contribution in [0.3, 0.4) is 0 Å². The normalized spacial score (nSPS) is 14.5. The fourth-order valence-electron chi connectivity index (χ4n) is 9.55. The Morgan fingerprint density at radius 3 is 1.67 bits per heavy atom. The van der Waals surface area contributed by atoms with Gasteiger partial charge in [-0.05, 0) is 87.0 Å². The molecule has 0 saturated heterocycles. The minimum absolute atomic E-state index is 0.0546. The number of hydrogen-bond acceptors (Lipinski definition) is 2. The summed E-state index contributed by atoms with van der Waals surface area (Å²) in [6.07, 6.45) is 0. The van der Waals surface area contributed by atoms with E-state index in [9.17, 15) is 0 Å². The van der Waals surface area contributed by atoms with Crippen molar-refractivity contribution in [2.24, 2.45) is 0 Å². The maximum atomic E-state index is 5.19. The number of nitrogens with zero attached hydrogens (tertiary/aromatic N) is 3. The van der Waals surface area contributed by atoms with Gasteiger partial charge in [0.15, 0.2) is 5.82 Å². The summed E-state index contributed by atoms with van der Waals surface area (Å²) >= 11 is 0. The molecule has 55 heavy (non-hydrogen) atoms. The molecule has 2 aliphatic carbocycles. The molecule has 9 aromatic rings. The second-order valence-corrected chi connectivity index (χ2v) is 16.2. The van der Waals surface area contributed by atoms with E-state index in [0.717, 1.165) is 39.6 Å².